The molecule has 0 aliphatic rings. The van der Waals surface area contributed by atoms with Crippen LogP contribution in [0.2, 0.25) is 0 Å². The van der Waals surface area contributed by atoms with Gasteiger partial charge in [-0.25, -0.2) is 4.98 Å². The molecular formula is C8H15N2O3P. The summed E-state index contributed by atoms with van der Waals surface area (Å²) in [6.07, 6.45) is 5.84. The average molecular weight is 218 g/mol. The quantitative estimate of drug-likeness (QED) is 0.656. The first kappa shape index (κ1) is 11.4. The molecule has 0 N–H and O–H groups in total. The Morgan fingerprint density at radius 1 is 1.36 bits per heavy atom. The molecule has 0 radical (unpaired) electrons. The van der Waals surface area contributed by atoms with E-state index in [9.17, 15) is 0 Å². The molecule has 80 valence electrons. The minimum Gasteiger partial charge on any atom is -0.333 e. The van der Waals surface area contributed by atoms with Crippen LogP contribution in [0.4, 0.5) is 0 Å². The van der Waals surface area contributed by atoms with Crippen LogP contribution in [0.3, 0.4) is 0 Å². The van der Waals surface area contributed by atoms with Crippen molar-refractivity contribution in [2.45, 2.75) is 20.3 Å². The van der Waals surface area contributed by atoms with Gasteiger partial charge in [-0.15, -0.1) is 0 Å². The standard InChI is InChI=1S/C8H15N2O3P/c1-3-7-12-14(11-4-2)13-10-6-5-9-8-10/h5-6,8H,3-4,7H2,1-2H3. The predicted molar refractivity (Wildman–Crippen MR) is 53.6 cm³/mol. The highest BCUT2D eigenvalue weighted by Crippen LogP contribution is 2.35. The molecule has 0 bridgehead atoms. The molecule has 0 aliphatic carbocycles. The topological polar surface area (TPSA) is 45.5 Å². The zero-order valence-corrected chi connectivity index (χ0v) is 9.31. The number of hydrogen-bond acceptors (Lipinski definition) is 4. The van der Waals surface area contributed by atoms with E-state index in [0.29, 0.717) is 13.2 Å². The van der Waals surface area contributed by atoms with Gasteiger partial charge in [-0.3, -0.25) is 0 Å². The second-order valence-electron chi connectivity index (χ2n) is 2.48. The Bertz CT molecular complexity index is 231. The number of nitrogens with zero attached hydrogens (tertiary/aromatic N) is 2. The van der Waals surface area contributed by atoms with Crippen molar-refractivity contribution in [3.63, 3.8) is 0 Å². The highest BCUT2D eigenvalue weighted by Gasteiger charge is 2.13. The third kappa shape index (κ3) is 4.05. The molecule has 0 aliphatic heterocycles. The molecule has 5 nitrogen and oxygen atoms in total. The van der Waals surface area contributed by atoms with Gasteiger partial charge in [0.1, 0.15) is 6.33 Å². The summed E-state index contributed by atoms with van der Waals surface area (Å²) in [5.74, 6) is 0. The Morgan fingerprint density at radius 3 is 2.79 bits per heavy atom. The molecular weight excluding hydrogens is 203 g/mol. The first-order valence-corrected chi connectivity index (χ1v) is 5.68. The van der Waals surface area contributed by atoms with Crippen LogP contribution in [0.5, 0.6) is 0 Å². The predicted octanol–water partition coefficient (Wildman–Crippen LogP) is 2.00. The molecule has 0 spiro atoms. The van der Waals surface area contributed by atoms with Gasteiger partial charge in [0, 0.05) is 6.20 Å². The van der Waals surface area contributed by atoms with Crippen molar-refractivity contribution in [2.24, 2.45) is 0 Å². The van der Waals surface area contributed by atoms with Crippen molar-refractivity contribution in [1.29, 1.82) is 0 Å². The maximum Gasteiger partial charge on any atom is 0.417 e. The van der Waals surface area contributed by atoms with Gasteiger partial charge in [-0.1, -0.05) is 6.92 Å². The van der Waals surface area contributed by atoms with E-state index in [0.717, 1.165) is 6.42 Å². The SMILES string of the molecule is CCCOP(OCC)On1ccnc1. The van der Waals surface area contributed by atoms with Crippen LogP contribution < -0.4 is 4.62 Å². The van der Waals surface area contributed by atoms with E-state index in [1.165, 1.54) is 4.73 Å². The van der Waals surface area contributed by atoms with E-state index in [1.54, 1.807) is 18.7 Å². The molecule has 0 amide bonds. The van der Waals surface area contributed by atoms with Gasteiger partial charge in [-0.05, 0) is 13.3 Å². The Hall–Kier alpha value is -0.640. The molecule has 0 saturated carbocycles. The summed E-state index contributed by atoms with van der Waals surface area (Å²) >= 11 is 0. The van der Waals surface area contributed by atoms with Gasteiger partial charge in [-0.2, -0.15) is 4.73 Å². The van der Waals surface area contributed by atoms with E-state index in [-0.39, 0.29) is 0 Å². The lowest BCUT2D eigenvalue weighted by atomic mass is 10.5. The van der Waals surface area contributed by atoms with Gasteiger partial charge >= 0.3 is 8.60 Å². The number of aromatic nitrogens is 2. The minimum atomic E-state index is -1.29. The molecule has 1 atom stereocenters. The van der Waals surface area contributed by atoms with Gasteiger partial charge < -0.3 is 13.7 Å². The maximum absolute atomic E-state index is 5.38. The molecule has 0 aromatic carbocycles. The first-order valence-electron chi connectivity index (χ1n) is 4.59. The maximum atomic E-state index is 5.38. The van der Waals surface area contributed by atoms with Crippen LogP contribution in [-0.2, 0) is 9.05 Å². The van der Waals surface area contributed by atoms with Crippen molar-refractivity contribution < 1.29 is 13.7 Å². The van der Waals surface area contributed by atoms with E-state index < -0.39 is 8.60 Å². The molecule has 1 heterocycles. The molecule has 0 fully saturated rings. The lowest BCUT2D eigenvalue weighted by Gasteiger charge is -2.15. The van der Waals surface area contributed by atoms with Crippen LogP contribution in [0.25, 0.3) is 0 Å². The average Bonchev–Trinajstić information content (AvgIpc) is 2.67. The number of rotatable bonds is 7. The van der Waals surface area contributed by atoms with Crippen molar-refractivity contribution >= 4 is 8.60 Å². The number of hydrogen-bond donors (Lipinski definition) is 0. The van der Waals surface area contributed by atoms with Gasteiger partial charge in [0.2, 0.25) is 0 Å². The van der Waals surface area contributed by atoms with Crippen molar-refractivity contribution in [3.05, 3.63) is 18.7 Å². The molecule has 6 heteroatoms. The summed E-state index contributed by atoms with van der Waals surface area (Å²) in [5, 5.41) is 0. The Balaban J connectivity index is 2.34. The van der Waals surface area contributed by atoms with Crippen molar-refractivity contribution in [2.75, 3.05) is 13.2 Å². The fraction of sp³-hybridized carbons (Fsp3) is 0.625. The van der Waals surface area contributed by atoms with Crippen LogP contribution in [-0.4, -0.2) is 22.9 Å². The van der Waals surface area contributed by atoms with Gasteiger partial charge in [0.25, 0.3) is 0 Å². The fourth-order valence-corrected chi connectivity index (χ4v) is 1.69. The van der Waals surface area contributed by atoms with Gasteiger partial charge in [0.05, 0.1) is 19.4 Å². The van der Waals surface area contributed by atoms with E-state index >= 15 is 0 Å². The zero-order chi connectivity index (χ0) is 10.2. The normalized spacial score (nSPS) is 12.7. The van der Waals surface area contributed by atoms with Crippen molar-refractivity contribution in [3.8, 4) is 0 Å². The monoisotopic (exact) mass is 218 g/mol. The van der Waals surface area contributed by atoms with E-state index in [1.807, 2.05) is 13.8 Å². The Kier molecular flexibility index (Phi) is 5.52. The van der Waals surface area contributed by atoms with Crippen LogP contribution in [0.15, 0.2) is 18.7 Å². The third-order valence-electron chi connectivity index (χ3n) is 1.28. The van der Waals surface area contributed by atoms with Crippen LogP contribution in [0, 0.1) is 0 Å². The fourth-order valence-electron chi connectivity index (χ4n) is 0.728. The Labute approximate surface area is 84.9 Å². The van der Waals surface area contributed by atoms with E-state index in [2.05, 4.69) is 4.98 Å². The summed E-state index contributed by atoms with van der Waals surface area (Å²) in [7, 11) is -1.29. The molecule has 14 heavy (non-hydrogen) atoms. The molecule has 1 rings (SSSR count). The summed E-state index contributed by atoms with van der Waals surface area (Å²) in [6, 6.07) is 0. The third-order valence-corrected chi connectivity index (χ3v) is 2.46. The minimum absolute atomic E-state index is 0.574. The van der Waals surface area contributed by atoms with Crippen molar-refractivity contribution in [1.82, 2.24) is 9.71 Å². The summed E-state index contributed by atoms with van der Waals surface area (Å²) in [4.78, 5) is 3.85. The largest absolute Gasteiger partial charge is 0.417 e. The summed E-state index contributed by atoms with van der Waals surface area (Å²) < 4.78 is 17.5. The van der Waals surface area contributed by atoms with Crippen LogP contribution in [0.1, 0.15) is 20.3 Å². The highest BCUT2D eigenvalue weighted by molar-refractivity contribution is 7.41. The number of imidazole rings is 1. The molecule has 0 saturated heterocycles. The second kappa shape index (κ2) is 6.76. The second-order valence-corrected chi connectivity index (χ2v) is 3.61. The highest BCUT2D eigenvalue weighted by atomic mass is 31.2. The van der Waals surface area contributed by atoms with Gasteiger partial charge in [0.15, 0.2) is 0 Å². The molecule has 1 unspecified atom stereocenters. The summed E-state index contributed by atoms with van der Waals surface area (Å²) in [6.45, 7) is 5.16. The van der Waals surface area contributed by atoms with E-state index in [4.69, 9.17) is 13.7 Å². The Morgan fingerprint density at radius 2 is 2.21 bits per heavy atom. The molecule has 1 aromatic rings. The molecule has 1 aromatic heterocycles. The zero-order valence-electron chi connectivity index (χ0n) is 8.42. The van der Waals surface area contributed by atoms with Crippen LogP contribution >= 0.6 is 8.60 Å². The lowest BCUT2D eigenvalue weighted by molar-refractivity contribution is 0.153. The summed E-state index contributed by atoms with van der Waals surface area (Å²) in [5.41, 5.74) is 0. The first-order chi connectivity index (χ1) is 6.86. The smallest absolute Gasteiger partial charge is 0.333 e. The lowest BCUT2D eigenvalue weighted by Crippen LogP contribution is -2.07.